The number of aromatic nitrogens is 2. The fourth-order valence-corrected chi connectivity index (χ4v) is 3.61. The Morgan fingerprint density at radius 1 is 1.24 bits per heavy atom. The molecule has 21 heavy (non-hydrogen) atoms. The second kappa shape index (κ2) is 6.50. The number of nitrogens with one attached hydrogen (secondary N) is 1. The smallest absolute Gasteiger partial charge is 0.189 e. The van der Waals surface area contributed by atoms with Gasteiger partial charge >= 0.3 is 0 Å². The van der Waals surface area contributed by atoms with Gasteiger partial charge < -0.3 is 11.1 Å². The SMILES string of the molecule is Cn1nc2c(c1CN=C(N)NC1CCCCC1)CCCC2. The molecule has 5 nitrogen and oxygen atoms in total. The summed E-state index contributed by atoms with van der Waals surface area (Å²) in [5.41, 5.74) is 9.98. The van der Waals surface area contributed by atoms with E-state index >= 15 is 0 Å². The predicted molar refractivity (Wildman–Crippen MR) is 85.2 cm³/mol. The highest BCUT2D eigenvalue weighted by molar-refractivity contribution is 5.78. The molecular weight excluding hydrogens is 262 g/mol. The predicted octanol–water partition coefficient (Wildman–Crippen LogP) is 2.04. The monoisotopic (exact) mass is 289 g/mol. The van der Waals surface area contributed by atoms with E-state index in [4.69, 9.17) is 5.73 Å². The Labute approximate surface area is 127 Å². The van der Waals surface area contributed by atoms with Crippen molar-refractivity contribution < 1.29 is 0 Å². The van der Waals surface area contributed by atoms with E-state index in [1.807, 2.05) is 11.7 Å². The third-order valence-electron chi connectivity index (χ3n) is 4.80. The molecular formula is C16H27N5. The van der Waals surface area contributed by atoms with Crippen LogP contribution in [0.3, 0.4) is 0 Å². The Bertz CT molecular complexity index is 511. The average Bonchev–Trinajstić information content (AvgIpc) is 2.81. The minimum atomic E-state index is 0.517. The van der Waals surface area contributed by atoms with E-state index < -0.39 is 0 Å². The summed E-state index contributed by atoms with van der Waals surface area (Å²) >= 11 is 0. The van der Waals surface area contributed by atoms with E-state index in [0.29, 0.717) is 18.5 Å². The zero-order valence-corrected chi connectivity index (χ0v) is 13.1. The van der Waals surface area contributed by atoms with Crippen LogP contribution in [-0.2, 0) is 26.4 Å². The zero-order valence-electron chi connectivity index (χ0n) is 13.1. The van der Waals surface area contributed by atoms with Crippen molar-refractivity contribution in [2.75, 3.05) is 0 Å². The molecule has 0 aromatic carbocycles. The second-order valence-electron chi connectivity index (χ2n) is 6.38. The van der Waals surface area contributed by atoms with Crippen molar-refractivity contribution >= 4 is 5.96 Å². The number of aryl methyl sites for hydroxylation is 2. The molecule has 1 heterocycles. The van der Waals surface area contributed by atoms with Crippen LogP contribution in [0, 0.1) is 0 Å². The number of aliphatic imine (C=N–C) groups is 1. The lowest BCUT2D eigenvalue weighted by molar-refractivity contribution is 0.412. The molecule has 0 saturated heterocycles. The van der Waals surface area contributed by atoms with Gasteiger partial charge in [-0.05, 0) is 44.1 Å². The van der Waals surface area contributed by atoms with Gasteiger partial charge in [0.1, 0.15) is 0 Å². The van der Waals surface area contributed by atoms with Crippen molar-refractivity contribution in [2.45, 2.75) is 70.4 Å². The van der Waals surface area contributed by atoms with Gasteiger partial charge in [-0.15, -0.1) is 0 Å². The second-order valence-corrected chi connectivity index (χ2v) is 6.38. The van der Waals surface area contributed by atoms with Crippen LogP contribution in [-0.4, -0.2) is 21.8 Å². The first-order valence-electron chi connectivity index (χ1n) is 8.34. The van der Waals surface area contributed by atoms with E-state index in [1.54, 1.807) is 0 Å². The lowest BCUT2D eigenvalue weighted by atomic mass is 9.95. The summed E-state index contributed by atoms with van der Waals surface area (Å²) in [6.45, 7) is 0.643. The number of hydrogen-bond acceptors (Lipinski definition) is 2. The molecule has 116 valence electrons. The van der Waals surface area contributed by atoms with Crippen LogP contribution in [0.25, 0.3) is 0 Å². The molecule has 1 fully saturated rings. The standard InChI is InChI=1S/C16H27N5/c1-21-15(13-9-5-6-10-14(13)20-21)11-18-16(17)19-12-7-3-2-4-8-12/h12H,2-11H2,1H3,(H3,17,18,19). The van der Waals surface area contributed by atoms with Gasteiger partial charge in [0.2, 0.25) is 0 Å². The number of hydrogen-bond donors (Lipinski definition) is 2. The van der Waals surface area contributed by atoms with Gasteiger partial charge in [-0.25, -0.2) is 4.99 Å². The highest BCUT2D eigenvalue weighted by Crippen LogP contribution is 2.24. The number of guanidine groups is 1. The van der Waals surface area contributed by atoms with Crippen LogP contribution in [0.4, 0.5) is 0 Å². The van der Waals surface area contributed by atoms with Crippen LogP contribution < -0.4 is 11.1 Å². The minimum absolute atomic E-state index is 0.517. The van der Waals surface area contributed by atoms with Crippen molar-refractivity contribution in [3.05, 3.63) is 17.0 Å². The Hall–Kier alpha value is -1.52. The van der Waals surface area contributed by atoms with Crippen molar-refractivity contribution in [3.8, 4) is 0 Å². The van der Waals surface area contributed by atoms with Crippen molar-refractivity contribution in [1.29, 1.82) is 0 Å². The maximum absolute atomic E-state index is 6.06. The molecule has 2 aliphatic carbocycles. The first-order chi connectivity index (χ1) is 10.2. The summed E-state index contributed by atoms with van der Waals surface area (Å²) in [6, 6.07) is 0.517. The van der Waals surface area contributed by atoms with Gasteiger partial charge in [0.05, 0.1) is 17.9 Å². The first kappa shape index (κ1) is 14.4. The van der Waals surface area contributed by atoms with Gasteiger partial charge in [0.25, 0.3) is 0 Å². The summed E-state index contributed by atoms with van der Waals surface area (Å²) in [5.74, 6) is 0.590. The summed E-state index contributed by atoms with van der Waals surface area (Å²) < 4.78 is 1.99. The molecule has 1 aromatic heterocycles. The Balaban J connectivity index is 1.63. The van der Waals surface area contributed by atoms with Crippen LogP contribution >= 0.6 is 0 Å². The van der Waals surface area contributed by atoms with Crippen molar-refractivity contribution in [1.82, 2.24) is 15.1 Å². The zero-order chi connectivity index (χ0) is 14.7. The average molecular weight is 289 g/mol. The van der Waals surface area contributed by atoms with Gasteiger partial charge in [-0.2, -0.15) is 5.10 Å². The summed E-state index contributed by atoms with van der Waals surface area (Å²) in [7, 11) is 2.02. The first-order valence-corrected chi connectivity index (χ1v) is 8.34. The lowest BCUT2D eigenvalue weighted by Gasteiger charge is -2.23. The van der Waals surface area contributed by atoms with E-state index in [1.165, 1.54) is 61.9 Å². The highest BCUT2D eigenvalue weighted by atomic mass is 15.3. The number of nitrogens with two attached hydrogens (primary N) is 1. The third-order valence-corrected chi connectivity index (χ3v) is 4.80. The molecule has 5 heteroatoms. The maximum Gasteiger partial charge on any atom is 0.189 e. The molecule has 3 rings (SSSR count). The Morgan fingerprint density at radius 2 is 2.00 bits per heavy atom. The van der Waals surface area contributed by atoms with Gasteiger partial charge in [-0.1, -0.05) is 19.3 Å². The summed E-state index contributed by atoms with van der Waals surface area (Å²) in [4.78, 5) is 4.55. The molecule has 0 unspecified atom stereocenters. The summed E-state index contributed by atoms with van der Waals surface area (Å²) in [6.07, 6.45) is 11.2. The molecule has 0 amide bonds. The van der Waals surface area contributed by atoms with Gasteiger partial charge in [0, 0.05) is 13.1 Å². The van der Waals surface area contributed by atoms with Gasteiger partial charge in [0.15, 0.2) is 5.96 Å². The fraction of sp³-hybridized carbons (Fsp3) is 0.750. The van der Waals surface area contributed by atoms with Crippen molar-refractivity contribution in [3.63, 3.8) is 0 Å². The van der Waals surface area contributed by atoms with Crippen LogP contribution in [0.5, 0.6) is 0 Å². The van der Waals surface area contributed by atoms with E-state index in [2.05, 4.69) is 15.4 Å². The van der Waals surface area contributed by atoms with E-state index in [0.717, 1.165) is 12.8 Å². The summed E-state index contributed by atoms with van der Waals surface area (Å²) in [5, 5.41) is 8.01. The lowest BCUT2D eigenvalue weighted by Crippen LogP contribution is -2.41. The molecule has 1 aromatic rings. The highest BCUT2D eigenvalue weighted by Gasteiger charge is 2.19. The van der Waals surface area contributed by atoms with E-state index in [-0.39, 0.29) is 0 Å². The largest absolute Gasteiger partial charge is 0.370 e. The maximum atomic E-state index is 6.06. The number of nitrogens with zero attached hydrogens (tertiary/aromatic N) is 3. The molecule has 2 aliphatic rings. The third kappa shape index (κ3) is 3.39. The van der Waals surface area contributed by atoms with Crippen LogP contribution in [0.2, 0.25) is 0 Å². The van der Waals surface area contributed by atoms with Crippen LogP contribution in [0.15, 0.2) is 4.99 Å². The van der Waals surface area contributed by atoms with E-state index in [9.17, 15) is 0 Å². The number of fused-ring (bicyclic) bond motifs is 1. The molecule has 1 saturated carbocycles. The Kier molecular flexibility index (Phi) is 4.46. The molecule has 0 bridgehead atoms. The fourth-order valence-electron chi connectivity index (χ4n) is 3.61. The topological polar surface area (TPSA) is 68.2 Å². The molecule has 0 aliphatic heterocycles. The molecule has 3 N–H and O–H groups in total. The normalized spacial score (nSPS) is 20.3. The quantitative estimate of drug-likeness (QED) is 0.661. The van der Waals surface area contributed by atoms with Crippen molar-refractivity contribution in [2.24, 2.45) is 17.8 Å². The Morgan fingerprint density at radius 3 is 2.81 bits per heavy atom. The molecule has 0 spiro atoms. The van der Waals surface area contributed by atoms with Crippen LogP contribution in [0.1, 0.15) is 61.9 Å². The minimum Gasteiger partial charge on any atom is -0.370 e. The molecule has 0 atom stereocenters. The van der Waals surface area contributed by atoms with Gasteiger partial charge in [-0.3, -0.25) is 4.68 Å². The number of rotatable bonds is 3. The molecule has 0 radical (unpaired) electrons.